The lowest BCUT2D eigenvalue weighted by molar-refractivity contribution is -0.0957. The zero-order valence-electron chi connectivity index (χ0n) is 12.3. The highest BCUT2D eigenvalue weighted by Gasteiger charge is 2.62. The number of rotatable bonds is 11. The van der Waals surface area contributed by atoms with Crippen molar-refractivity contribution in [2.45, 2.75) is 30.3 Å². The van der Waals surface area contributed by atoms with Crippen LogP contribution >= 0.6 is 0 Å². The molecule has 20 heavy (non-hydrogen) atoms. The van der Waals surface area contributed by atoms with Gasteiger partial charge in [0.15, 0.2) is 0 Å². The molecule has 1 aliphatic heterocycles. The fourth-order valence-electron chi connectivity index (χ4n) is 2.27. The van der Waals surface area contributed by atoms with Crippen molar-refractivity contribution in [3.8, 4) is 0 Å². The summed E-state index contributed by atoms with van der Waals surface area (Å²) in [4.78, 5) is 0. The summed E-state index contributed by atoms with van der Waals surface area (Å²) in [7, 11) is 1.35. The van der Waals surface area contributed by atoms with Gasteiger partial charge in [0.1, 0.15) is 11.3 Å². The molecule has 1 aliphatic rings. The Kier molecular flexibility index (Phi) is 7.02. The molecule has 8 heteroatoms. The summed E-state index contributed by atoms with van der Waals surface area (Å²) in [6.45, 7) is 4.14. The van der Waals surface area contributed by atoms with E-state index >= 15 is 0 Å². The summed E-state index contributed by atoms with van der Waals surface area (Å²) in [6.07, 6.45) is -0.0722. The van der Waals surface area contributed by atoms with Gasteiger partial charge in [-0.2, -0.15) is 0 Å². The molecule has 1 fully saturated rings. The number of epoxide rings is 1. The second kappa shape index (κ2) is 7.81. The van der Waals surface area contributed by atoms with Gasteiger partial charge in [-0.25, -0.2) is 0 Å². The van der Waals surface area contributed by atoms with Gasteiger partial charge in [-0.15, -0.1) is 0 Å². The quantitative estimate of drug-likeness (QED) is 0.394. The molecular formula is C12H25O7Si. The van der Waals surface area contributed by atoms with E-state index in [1.807, 2.05) is 0 Å². The summed E-state index contributed by atoms with van der Waals surface area (Å²) in [5.41, 5.74) is 0. The summed E-state index contributed by atoms with van der Waals surface area (Å²) in [5.74, 6) is 0. The van der Waals surface area contributed by atoms with Crippen molar-refractivity contribution in [1.82, 2.24) is 0 Å². The minimum atomic E-state index is -3.16. The Morgan fingerprint density at radius 3 is 2.25 bits per heavy atom. The molecule has 3 unspecified atom stereocenters. The van der Waals surface area contributed by atoms with Crippen LogP contribution in [0.1, 0.15) is 12.8 Å². The topological polar surface area (TPSA) is 89.9 Å². The molecule has 1 rings (SSSR count). The molecule has 0 aromatic heterocycles. The van der Waals surface area contributed by atoms with Crippen molar-refractivity contribution in [1.29, 1.82) is 0 Å². The molecule has 0 bridgehead atoms. The van der Waals surface area contributed by atoms with Crippen LogP contribution in [-0.4, -0.2) is 77.6 Å². The second-order valence-corrected chi connectivity index (χ2v) is 7.97. The van der Waals surface area contributed by atoms with E-state index in [1.54, 1.807) is 0 Å². The average Bonchev–Trinajstić information content (AvgIpc) is 3.30. The fourth-order valence-corrected chi connectivity index (χ4v) is 4.93. The zero-order chi connectivity index (χ0) is 15.2. The van der Waals surface area contributed by atoms with Gasteiger partial charge in [-0.3, -0.25) is 0 Å². The maximum atomic E-state index is 9.52. The zero-order valence-corrected chi connectivity index (χ0v) is 13.3. The van der Waals surface area contributed by atoms with Crippen LogP contribution in [0.15, 0.2) is 0 Å². The standard InChI is InChI=1S/C12H25O7Si/c1-5-12(6-11-9-18-11,19-8-10(14)7-13)20(15-2,16-3)17-4/h10-11,13-14H,1,5-9H2,2-4H3. The highest BCUT2D eigenvalue weighted by atomic mass is 28.4. The van der Waals surface area contributed by atoms with E-state index in [0.717, 1.165) is 0 Å². The third kappa shape index (κ3) is 3.77. The van der Waals surface area contributed by atoms with Crippen LogP contribution in [0.4, 0.5) is 0 Å². The molecule has 0 amide bonds. The lowest BCUT2D eigenvalue weighted by Crippen LogP contribution is -2.66. The smallest absolute Gasteiger partial charge is 0.394 e. The van der Waals surface area contributed by atoms with Crippen LogP contribution in [0.3, 0.4) is 0 Å². The van der Waals surface area contributed by atoms with Crippen LogP contribution in [-0.2, 0) is 22.8 Å². The molecule has 0 spiro atoms. The Labute approximate surface area is 121 Å². The van der Waals surface area contributed by atoms with E-state index < -0.39 is 20.1 Å². The molecule has 0 saturated carbocycles. The van der Waals surface area contributed by atoms with Crippen molar-refractivity contribution < 1.29 is 33.0 Å². The molecule has 0 aromatic rings. The molecule has 1 saturated heterocycles. The van der Waals surface area contributed by atoms with Crippen LogP contribution in [0.5, 0.6) is 0 Å². The van der Waals surface area contributed by atoms with E-state index in [0.29, 0.717) is 19.4 Å². The Balaban J connectivity index is 2.95. The van der Waals surface area contributed by atoms with Crippen LogP contribution in [0, 0.1) is 6.92 Å². The predicted molar refractivity (Wildman–Crippen MR) is 72.9 cm³/mol. The van der Waals surface area contributed by atoms with Gasteiger partial charge in [0.05, 0.1) is 25.9 Å². The van der Waals surface area contributed by atoms with Gasteiger partial charge in [0, 0.05) is 27.8 Å². The molecule has 3 atom stereocenters. The van der Waals surface area contributed by atoms with Crippen LogP contribution in [0.2, 0.25) is 0 Å². The summed E-state index contributed by atoms with van der Waals surface area (Å²) in [6, 6.07) is 0. The number of ether oxygens (including phenoxy) is 2. The van der Waals surface area contributed by atoms with Crippen molar-refractivity contribution >= 4 is 8.80 Å². The van der Waals surface area contributed by atoms with Crippen LogP contribution in [0.25, 0.3) is 0 Å². The molecule has 7 nitrogen and oxygen atoms in total. The van der Waals surface area contributed by atoms with Crippen molar-refractivity contribution in [3.05, 3.63) is 6.92 Å². The van der Waals surface area contributed by atoms with Crippen molar-refractivity contribution in [3.63, 3.8) is 0 Å². The first-order chi connectivity index (χ1) is 9.53. The van der Waals surface area contributed by atoms with E-state index in [1.165, 1.54) is 21.3 Å². The van der Waals surface area contributed by atoms with Gasteiger partial charge < -0.3 is 33.0 Å². The fraction of sp³-hybridized carbons (Fsp3) is 0.917. The maximum Gasteiger partial charge on any atom is 0.534 e. The lowest BCUT2D eigenvalue weighted by atomic mass is 10.1. The SMILES string of the molecule is [CH2]CC(CC1CO1)(OCC(O)CO)[Si](OC)(OC)OC. The molecule has 0 aliphatic carbocycles. The minimum absolute atomic E-state index is 0.0512. The monoisotopic (exact) mass is 309 g/mol. The molecular weight excluding hydrogens is 284 g/mol. The third-order valence-electron chi connectivity index (χ3n) is 3.49. The predicted octanol–water partition coefficient (Wildman–Crippen LogP) is -0.475. The summed E-state index contributed by atoms with van der Waals surface area (Å²) in [5, 5.41) is 17.5. The van der Waals surface area contributed by atoms with Crippen molar-refractivity contribution in [2.75, 3.05) is 41.2 Å². The first-order valence-electron chi connectivity index (χ1n) is 6.52. The van der Waals surface area contributed by atoms with Gasteiger partial charge in [0.25, 0.3) is 0 Å². The van der Waals surface area contributed by atoms with E-state index in [-0.39, 0.29) is 19.3 Å². The van der Waals surface area contributed by atoms with Gasteiger partial charge >= 0.3 is 8.80 Å². The molecule has 1 radical (unpaired) electrons. The molecule has 1 heterocycles. The summed E-state index contributed by atoms with van der Waals surface area (Å²) < 4.78 is 27.7. The van der Waals surface area contributed by atoms with E-state index in [4.69, 9.17) is 27.9 Å². The third-order valence-corrected chi connectivity index (χ3v) is 6.82. The van der Waals surface area contributed by atoms with E-state index in [2.05, 4.69) is 6.92 Å². The van der Waals surface area contributed by atoms with Gasteiger partial charge in [-0.1, -0.05) is 6.92 Å². The van der Waals surface area contributed by atoms with Gasteiger partial charge in [-0.05, 0) is 6.42 Å². The number of aliphatic hydroxyl groups is 2. The van der Waals surface area contributed by atoms with Crippen molar-refractivity contribution in [2.24, 2.45) is 0 Å². The Bertz CT molecular complexity index is 275. The number of hydrogen-bond acceptors (Lipinski definition) is 7. The highest BCUT2D eigenvalue weighted by Crippen LogP contribution is 2.37. The number of aliphatic hydroxyl groups excluding tert-OH is 2. The normalized spacial score (nSPS) is 23.4. The molecule has 2 N–H and O–H groups in total. The maximum absolute atomic E-state index is 9.52. The first kappa shape index (κ1) is 18.0. The molecule has 0 aromatic carbocycles. The average molecular weight is 309 g/mol. The number of hydrogen-bond donors (Lipinski definition) is 2. The Hall–Kier alpha value is -0.0631. The van der Waals surface area contributed by atoms with Crippen LogP contribution < -0.4 is 0 Å². The first-order valence-corrected chi connectivity index (χ1v) is 8.24. The lowest BCUT2D eigenvalue weighted by Gasteiger charge is -2.43. The minimum Gasteiger partial charge on any atom is -0.394 e. The highest BCUT2D eigenvalue weighted by molar-refractivity contribution is 6.64. The molecule has 119 valence electrons. The largest absolute Gasteiger partial charge is 0.534 e. The van der Waals surface area contributed by atoms with Gasteiger partial charge in [0.2, 0.25) is 0 Å². The van der Waals surface area contributed by atoms with E-state index in [9.17, 15) is 5.11 Å². The Morgan fingerprint density at radius 1 is 1.35 bits per heavy atom. The summed E-state index contributed by atoms with van der Waals surface area (Å²) >= 11 is 0. The Morgan fingerprint density at radius 2 is 1.90 bits per heavy atom. The second-order valence-electron chi connectivity index (χ2n) is 4.72.